The average molecular weight is 377 g/mol. The van der Waals surface area contributed by atoms with Gasteiger partial charge in [-0.1, -0.05) is 32.1 Å². The molecule has 8 heteroatoms. The molecule has 0 spiro atoms. The van der Waals surface area contributed by atoms with Crippen LogP contribution in [0.25, 0.3) is 0 Å². The highest BCUT2D eigenvalue weighted by Crippen LogP contribution is 2.13. The summed E-state index contributed by atoms with van der Waals surface area (Å²) >= 11 is 0. The van der Waals surface area contributed by atoms with E-state index in [4.69, 9.17) is 5.11 Å². The molecule has 3 amide bonds. The van der Waals surface area contributed by atoms with Gasteiger partial charge in [-0.3, -0.25) is 14.5 Å². The first kappa shape index (κ1) is 22.2. The highest BCUT2D eigenvalue weighted by atomic mass is 16.4. The summed E-state index contributed by atoms with van der Waals surface area (Å²) in [5, 5.41) is 23.6. The van der Waals surface area contributed by atoms with Crippen LogP contribution in [0.2, 0.25) is 0 Å². The molecule has 0 heterocycles. The SMILES string of the molecule is C=CCN(C(=O)O)C(C(=O)NC(C)C(=O)Nc1ccc(CO)cc1)C(C)C. The number of nitrogens with zero attached hydrogens (tertiary/aromatic N) is 1. The predicted octanol–water partition coefficient (Wildman–Crippen LogP) is 1.81. The number of rotatable bonds is 9. The van der Waals surface area contributed by atoms with Gasteiger partial charge in [0.2, 0.25) is 11.8 Å². The quantitative estimate of drug-likeness (QED) is 0.490. The van der Waals surface area contributed by atoms with E-state index in [0.29, 0.717) is 11.3 Å². The first-order valence-electron chi connectivity index (χ1n) is 8.62. The van der Waals surface area contributed by atoms with E-state index >= 15 is 0 Å². The molecule has 0 aliphatic carbocycles. The number of carbonyl (C=O) groups is 3. The number of aliphatic hydroxyl groups is 1. The summed E-state index contributed by atoms with van der Waals surface area (Å²) in [6, 6.07) is 4.83. The van der Waals surface area contributed by atoms with Crippen molar-refractivity contribution in [2.45, 2.75) is 39.5 Å². The fraction of sp³-hybridized carbons (Fsp3) is 0.421. The van der Waals surface area contributed by atoms with Gasteiger partial charge in [-0.05, 0) is 30.5 Å². The molecule has 148 valence electrons. The van der Waals surface area contributed by atoms with E-state index in [-0.39, 0.29) is 19.1 Å². The zero-order valence-corrected chi connectivity index (χ0v) is 15.8. The van der Waals surface area contributed by atoms with E-state index in [1.807, 2.05) is 0 Å². The van der Waals surface area contributed by atoms with Gasteiger partial charge in [-0.25, -0.2) is 4.79 Å². The molecule has 1 rings (SSSR count). The van der Waals surface area contributed by atoms with Crippen LogP contribution in [0, 0.1) is 5.92 Å². The summed E-state index contributed by atoms with van der Waals surface area (Å²) < 4.78 is 0. The standard InChI is InChI=1S/C19H27N3O5/c1-5-10-22(19(26)27)16(12(2)3)18(25)20-13(4)17(24)21-15-8-6-14(11-23)7-9-15/h5-9,12-13,16,23H,1,10-11H2,2-4H3,(H,20,25)(H,21,24)(H,26,27). The monoisotopic (exact) mass is 377 g/mol. The summed E-state index contributed by atoms with van der Waals surface area (Å²) in [7, 11) is 0. The molecule has 0 saturated carbocycles. The van der Waals surface area contributed by atoms with E-state index in [1.54, 1.807) is 38.1 Å². The summed E-state index contributed by atoms with van der Waals surface area (Å²) in [6.45, 7) is 8.41. The van der Waals surface area contributed by atoms with Gasteiger partial charge in [-0.2, -0.15) is 0 Å². The van der Waals surface area contributed by atoms with Gasteiger partial charge in [0.05, 0.1) is 6.61 Å². The highest BCUT2D eigenvalue weighted by molar-refractivity contribution is 5.98. The maximum absolute atomic E-state index is 12.6. The highest BCUT2D eigenvalue weighted by Gasteiger charge is 2.33. The Bertz CT molecular complexity index is 672. The van der Waals surface area contributed by atoms with Crippen LogP contribution in [-0.4, -0.2) is 51.6 Å². The zero-order valence-electron chi connectivity index (χ0n) is 15.8. The molecular formula is C19H27N3O5. The molecule has 0 aliphatic rings. The Hall–Kier alpha value is -2.87. The molecule has 8 nitrogen and oxygen atoms in total. The smallest absolute Gasteiger partial charge is 0.408 e. The number of hydrogen-bond acceptors (Lipinski definition) is 4. The average Bonchev–Trinajstić information content (AvgIpc) is 2.61. The van der Waals surface area contributed by atoms with Crippen molar-refractivity contribution in [1.29, 1.82) is 0 Å². The van der Waals surface area contributed by atoms with Crippen molar-refractivity contribution in [3.05, 3.63) is 42.5 Å². The minimum absolute atomic E-state index is 0.00336. The maximum Gasteiger partial charge on any atom is 0.408 e. The fourth-order valence-corrected chi connectivity index (χ4v) is 2.56. The first-order chi connectivity index (χ1) is 12.7. The van der Waals surface area contributed by atoms with Crippen LogP contribution in [0.3, 0.4) is 0 Å². The van der Waals surface area contributed by atoms with Gasteiger partial charge in [-0.15, -0.1) is 6.58 Å². The van der Waals surface area contributed by atoms with Crippen LogP contribution in [-0.2, 0) is 16.2 Å². The van der Waals surface area contributed by atoms with Crippen molar-refractivity contribution in [2.24, 2.45) is 5.92 Å². The Morgan fingerprint density at radius 1 is 1.15 bits per heavy atom. The number of hydrogen-bond donors (Lipinski definition) is 4. The van der Waals surface area contributed by atoms with E-state index in [0.717, 1.165) is 4.90 Å². The molecule has 2 unspecified atom stereocenters. The summed E-state index contributed by atoms with van der Waals surface area (Å²) in [6.07, 6.45) is 0.174. The van der Waals surface area contributed by atoms with Crippen molar-refractivity contribution in [2.75, 3.05) is 11.9 Å². The third-order valence-corrected chi connectivity index (χ3v) is 3.96. The predicted molar refractivity (Wildman–Crippen MR) is 102 cm³/mol. The number of anilines is 1. The lowest BCUT2D eigenvalue weighted by atomic mass is 10.0. The van der Waals surface area contributed by atoms with E-state index in [2.05, 4.69) is 17.2 Å². The molecule has 4 N–H and O–H groups in total. The van der Waals surface area contributed by atoms with Gasteiger partial charge >= 0.3 is 6.09 Å². The van der Waals surface area contributed by atoms with E-state index < -0.39 is 30.0 Å². The lowest BCUT2D eigenvalue weighted by Crippen LogP contribution is -2.55. The summed E-state index contributed by atoms with van der Waals surface area (Å²) in [5.74, 6) is -1.27. The van der Waals surface area contributed by atoms with Crippen LogP contribution in [0.15, 0.2) is 36.9 Å². The first-order valence-corrected chi connectivity index (χ1v) is 8.62. The van der Waals surface area contributed by atoms with Crippen LogP contribution in [0.5, 0.6) is 0 Å². The Morgan fingerprint density at radius 2 is 1.74 bits per heavy atom. The van der Waals surface area contributed by atoms with E-state index in [9.17, 15) is 19.5 Å². The molecule has 0 aliphatic heterocycles. The molecule has 0 fully saturated rings. The largest absolute Gasteiger partial charge is 0.465 e. The molecule has 27 heavy (non-hydrogen) atoms. The van der Waals surface area contributed by atoms with Crippen LogP contribution in [0.4, 0.5) is 10.5 Å². The maximum atomic E-state index is 12.6. The molecular weight excluding hydrogens is 350 g/mol. The number of aliphatic hydroxyl groups excluding tert-OH is 1. The van der Waals surface area contributed by atoms with Gasteiger partial charge in [0.15, 0.2) is 0 Å². The summed E-state index contributed by atoms with van der Waals surface area (Å²) in [4.78, 5) is 37.3. The van der Waals surface area contributed by atoms with Gasteiger partial charge in [0.1, 0.15) is 12.1 Å². The minimum atomic E-state index is -1.23. The second kappa shape index (κ2) is 10.3. The van der Waals surface area contributed by atoms with Gasteiger partial charge in [0, 0.05) is 12.2 Å². The molecule has 0 bridgehead atoms. The Balaban J connectivity index is 2.79. The lowest BCUT2D eigenvalue weighted by molar-refractivity contribution is -0.130. The van der Waals surface area contributed by atoms with Crippen LogP contribution >= 0.6 is 0 Å². The molecule has 1 aromatic carbocycles. The van der Waals surface area contributed by atoms with E-state index in [1.165, 1.54) is 13.0 Å². The van der Waals surface area contributed by atoms with Crippen molar-refractivity contribution in [3.8, 4) is 0 Å². The number of amides is 3. The molecule has 1 aromatic rings. The number of nitrogens with one attached hydrogen (secondary N) is 2. The third kappa shape index (κ3) is 6.41. The van der Waals surface area contributed by atoms with Crippen molar-refractivity contribution in [3.63, 3.8) is 0 Å². The second-order valence-corrected chi connectivity index (χ2v) is 6.49. The van der Waals surface area contributed by atoms with Crippen molar-refractivity contribution >= 4 is 23.6 Å². The normalized spacial score (nSPS) is 12.8. The lowest BCUT2D eigenvalue weighted by Gasteiger charge is -2.31. The Kier molecular flexibility index (Phi) is 8.47. The van der Waals surface area contributed by atoms with Crippen molar-refractivity contribution < 1.29 is 24.6 Å². The fourth-order valence-electron chi connectivity index (χ4n) is 2.56. The van der Waals surface area contributed by atoms with Crippen molar-refractivity contribution in [1.82, 2.24) is 10.2 Å². The van der Waals surface area contributed by atoms with Gasteiger partial charge in [0.25, 0.3) is 0 Å². The molecule has 0 saturated heterocycles. The molecule has 0 radical (unpaired) electrons. The molecule has 2 atom stereocenters. The number of carbonyl (C=O) groups excluding carboxylic acids is 2. The topological polar surface area (TPSA) is 119 Å². The second-order valence-electron chi connectivity index (χ2n) is 6.49. The minimum Gasteiger partial charge on any atom is -0.465 e. The summed E-state index contributed by atoms with van der Waals surface area (Å²) in [5.41, 5.74) is 1.24. The Morgan fingerprint density at radius 3 is 2.19 bits per heavy atom. The van der Waals surface area contributed by atoms with Crippen LogP contribution < -0.4 is 10.6 Å². The van der Waals surface area contributed by atoms with Crippen LogP contribution in [0.1, 0.15) is 26.3 Å². The number of carboxylic acid groups (broad SMARTS) is 1. The third-order valence-electron chi connectivity index (χ3n) is 3.96. The van der Waals surface area contributed by atoms with Gasteiger partial charge < -0.3 is 20.8 Å². The molecule has 0 aromatic heterocycles. The number of benzene rings is 1. The Labute approximate surface area is 158 Å². The zero-order chi connectivity index (χ0) is 20.6.